The van der Waals surface area contributed by atoms with Gasteiger partial charge in [-0.25, -0.2) is 0 Å². The normalized spacial score (nSPS) is 20.7. The summed E-state index contributed by atoms with van der Waals surface area (Å²) in [6, 6.07) is 2.74. The molecule has 3 nitrogen and oxygen atoms in total. The molecule has 2 N–H and O–H groups in total. The first-order valence-electron chi connectivity index (χ1n) is 6.14. The molecule has 94 valence electrons. The Labute approximate surface area is 107 Å². The fourth-order valence-corrected chi connectivity index (χ4v) is 3.25. The minimum atomic E-state index is 0.180. The van der Waals surface area contributed by atoms with Crippen LogP contribution in [0.3, 0.4) is 0 Å². The third kappa shape index (κ3) is 2.33. The van der Waals surface area contributed by atoms with Crippen molar-refractivity contribution in [3.63, 3.8) is 0 Å². The molecular formula is C13H20N2OS. The summed E-state index contributed by atoms with van der Waals surface area (Å²) in [6.45, 7) is 6.51. The van der Waals surface area contributed by atoms with Gasteiger partial charge >= 0.3 is 0 Å². The van der Waals surface area contributed by atoms with Crippen molar-refractivity contribution in [1.82, 2.24) is 5.06 Å². The van der Waals surface area contributed by atoms with Gasteiger partial charge in [-0.15, -0.1) is 16.4 Å². The Kier molecular flexibility index (Phi) is 3.74. The molecule has 1 aliphatic heterocycles. The van der Waals surface area contributed by atoms with Gasteiger partial charge < -0.3 is 10.6 Å². The summed E-state index contributed by atoms with van der Waals surface area (Å²) < 4.78 is 0. The zero-order chi connectivity index (χ0) is 12.4. The monoisotopic (exact) mass is 252 g/mol. The van der Waals surface area contributed by atoms with Gasteiger partial charge in [0.05, 0.1) is 0 Å². The number of nitrogens with zero attached hydrogens (tertiary/aromatic N) is 1. The second-order valence-electron chi connectivity index (χ2n) is 4.40. The maximum Gasteiger partial charge on any atom is 0.207 e. The third-order valence-corrected chi connectivity index (χ3v) is 4.37. The van der Waals surface area contributed by atoms with Gasteiger partial charge in [0.25, 0.3) is 0 Å². The second-order valence-corrected chi connectivity index (χ2v) is 5.35. The number of hydrogen-bond acceptors (Lipinski definition) is 4. The highest BCUT2D eigenvalue weighted by molar-refractivity contribution is 7.10. The molecular weight excluding hydrogens is 232 g/mol. The molecule has 0 bridgehead atoms. The summed E-state index contributed by atoms with van der Waals surface area (Å²) in [5, 5.41) is 4.17. The quantitative estimate of drug-likeness (QED) is 0.893. The van der Waals surface area contributed by atoms with Crippen LogP contribution in [0.1, 0.15) is 43.2 Å². The van der Waals surface area contributed by atoms with Crippen molar-refractivity contribution in [2.24, 2.45) is 5.73 Å². The van der Waals surface area contributed by atoms with E-state index < -0.39 is 0 Å². The lowest BCUT2D eigenvalue weighted by Crippen LogP contribution is -2.33. The van der Waals surface area contributed by atoms with Crippen molar-refractivity contribution in [3.05, 3.63) is 33.8 Å². The molecule has 0 saturated heterocycles. The average Bonchev–Trinajstić information content (AvgIpc) is 2.87. The van der Waals surface area contributed by atoms with Crippen LogP contribution in [0.5, 0.6) is 0 Å². The molecule has 1 aromatic rings. The Hall–Kier alpha value is -1.00. The van der Waals surface area contributed by atoms with Crippen LogP contribution in [0, 0.1) is 6.92 Å². The van der Waals surface area contributed by atoms with Crippen LogP contribution in [0.4, 0.5) is 0 Å². The van der Waals surface area contributed by atoms with E-state index in [9.17, 15) is 0 Å². The minimum absolute atomic E-state index is 0.180. The summed E-state index contributed by atoms with van der Waals surface area (Å²) in [7, 11) is 0. The molecule has 0 spiro atoms. The van der Waals surface area contributed by atoms with E-state index in [4.69, 9.17) is 10.6 Å². The zero-order valence-corrected chi connectivity index (χ0v) is 11.5. The molecule has 0 amide bonds. The first-order chi connectivity index (χ1) is 8.17. The van der Waals surface area contributed by atoms with Crippen LogP contribution in [0.15, 0.2) is 23.4 Å². The molecule has 17 heavy (non-hydrogen) atoms. The SMILES string of the molecule is CCC(CC)N1OC(N)=CC1c1sccc1C. The maximum atomic E-state index is 5.82. The van der Waals surface area contributed by atoms with Crippen molar-refractivity contribution in [2.45, 2.75) is 45.7 Å². The van der Waals surface area contributed by atoms with Crippen LogP contribution < -0.4 is 5.73 Å². The van der Waals surface area contributed by atoms with Crippen LogP contribution in [0.2, 0.25) is 0 Å². The molecule has 0 aromatic carbocycles. The summed E-state index contributed by atoms with van der Waals surface area (Å²) in [5.74, 6) is 0.523. The summed E-state index contributed by atoms with van der Waals surface area (Å²) in [6.07, 6.45) is 4.15. The smallest absolute Gasteiger partial charge is 0.207 e. The van der Waals surface area contributed by atoms with Gasteiger partial charge in [-0.2, -0.15) is 0 Å². The summed E-state index contributed by atoms with van der Waals surface area (Å²) in [4.78, 5) is 7.01. The van der Waals surface area contributed by atoms with E-state index in [1.54, 1.807) is 11.3 Å². The Balaban J connectivity index is 2.27. The summed E-state index contributed by atoms with van der Waals surface area (Å²) in [5.41, 5.74) is 7.13. The van der Waals surface area contributed by atoms with E-state index in [2.05, 4.69) is 32.2 Å². The molecule has 2 rings (SSSR count). The Morgan fingerprint density at radius 1 is 1.47 bits per heavy atom. The molecule has 0 saturated carbocycles. The number of aryl methyl sites for hydroxylation is 1. The second kappa shape index (κ2) is 5.10. The van der Waals surface area contributed by atoms with Gasteiger partial charge in [-0.05, 0) is 36.8 Å². The number of hydroxylamine groups is 2. The van der Waals surface area contributed by atoms with Gasteiger partial charge in [0.15, 0.2) is 0 Å². The van der Waals surface area contributed by atoms with Gasteiger partial charge in [-0.3, -0.25) is 0 Å². The number of rotatable bonds is 4. The third-order valence-electron chi connectivity index (χ3n) is 3.28. The highest BCUT2D eigenvalue weighted by Gasteiger charge is 2.33. The van der Waals surface area contributed by atoms with Crippen molar-refractivity contribution < 1.29 is 4.84 Å². The summed E-state index contributed by atoms with van der Waals surface area (Å²) >= 11 is 1.77. The van der Waals surface area contributed by atoms with E-state index in [0.29, 0.717) is 11.9 Å². The largest absolute Gasteiger partial charge is 0.387 e. The van der Waals surface area contributed by atoms with Gasteiger partial charge in [0.2, 0.25) is 5.88 Å². The molecule has 0 aliphatic carbocycles. The maximum absolute atomic E-state index is 5.82. The Bertz CT molecular complexity index is 409. The first-order valence-corrected chi connectivity index (χ1v) is 7.02. The van der Waals surface area contributed by atoms with Crippen LogP contribution in [-0.4, -0.2) is 11.1 Å². The topological polar surface area (TPSA) is 38.5 Å². The van der Waals surface area contributed by atoms with E-state index in [1.807, 2.05) is 11.1 Å². The van der Waals surface area contributed by atoms with Gasteiger partial charge in [-0.1, -0.05) is 13.8 Å². The van der Waals surface area contributed by atoms with E-state index in [1.165, 1.54) is 10.4 Å². The number of hydrogen-bond donors (Lipinski definition) is 1. The van der Waals surface area contributed by atoms with Crippen molar-refractivity contribution in [2.75, 3.05) is 0 Å². The number of thiophene rings is 1. The van der Waals surface area contributed by atoms with Crippen molar-refractivity contribution >= 4 is 11.3 Å². The molecule has 1 unspecified atom stereocenters. The molecule has 1 atom stereocenters. The number of nitrogens with two attached hydrogens (primary N) is 1. The van der Waals surface area contributed by atoms with E-state index >= 15 is 0 Å². The highest BCUT2D eigenvalue weighted by Crippen LogP contribution is 2.37. The van der Waals surface area contributed by atoms with Crippen LogP contribution in [0.25, 0.3) is 0 Å². The standard InChI is InChI=1S/C13H20N2OS/c1-4-10(5-2)15-11(8-12(14)16-15)13-9(3)6-7-17-13/h6-8,10-11H,4-5,14H2,1-3H3. The predicted molar refractivity (Wildman–Crippen MR) is 71.4 cm³/mol. The minimum Gasteiger partial charge on any atom is -0.387 e. The molecule has 0 radical (unpaired) electrons. The molecule has 2 heterocycles. The van der Waals surface area contributed by atoms with Crippen LogP contribution in [-0.2, 0) is 4.84 Å². The van der Waals surface area contributed by atoms with Crippen molar-refractivity contribution in [3.8, 4) is 0 Å². The first kappa shape index (κ1) is 12.5. The van der Waals surface area contributed by atoms with Crippen molar-refractivity contribution in [1.29, 1.82) is 0 Å². The van der Waals surface area contributed by atoms with Gasteiger partial charge in [0, 0.05) is 17.0 Å². The van der Waals surface area contributed by atoms with Gasteiger partial charge in [0.1, 0.15) is 6.04 Å². The lowest BCUT2D eigenvalue weighted by Gasteiger charge is -2.29. The molecule has 1 aromatic heterocycles. The fraction of sp³-hybridized carbons (Fsp3) is 0.538. The Morgan fingerprint density at radius 3 is 2.71 bits per heavy atom. The van der Waals surface area contributed by atoms with Crippen LogP contribution >= 0.6 is 11.3 Å². The molecule has 0 fully saturated rings. The Morgan fingerprint density at radius 2 is 2.18 bits per heavy atom. The molecule has 4 heteroatoms. The van der Waals surface area contributed by atoms with E-state index in [-0.39, 0.29) is 6.04 Å². The van der Waals surface area contributed by atoms with E-state index in [0.717, 1.165) is 12.8 Å². The predicted octanol–water partition coefficient (Wildman–Crippen LogP) is 3.33. The lowest BCUT2D eigenvalue weighted by atomic mass is 10.1. The zero-order valence-electron chi connectivity index (χ0n) is 10.6. The molecule has 1 aliphatic rings. The lowest BCUT2D eigenvalue weighted by molar-refractivity contribution is -0.153. The fourth-order valence-electron chi connectivity index (χ4n) is 2.27. The average molecular weight is 252 g/mol. The highest BCUT2D eigenvalue weighted by atomic mass is 32.1.